The summed E-state index contributed by atoms with van der Waals surface area (Å²) >= 11 is 1.56. The molecular formula is C25H26F3N3S. The maximum Gasteiger partial charge on any atom is 0.416 e. The van der Waals surface area contributed by atoms with Gasteiger partial charge in [-0.3, -0.25) is 4.90 Å². The summed E-state index contributed by atoms with van der Waals surface area (Å²) in [6.45, 7) is 2.54. The Kier molecular flexibility index (Phi) is 6.03. The fourth-order valence-electron chi connectivity index (χ4n) is 4.77. The number of hydrogen-bond donors (Lipinski definition) is 0. The number of hydrogen-bond acceptors (Lipinski definition) is 4. The smallest absolute Gasteiger partial charge is 0.293 e. The summed E-state index contributed by atoms with van der Waals surface area (Å²) < 4.78 is 39.1. The highest BCUT2D eigenvalue weighted by Crippen LogP contribution is 2.35. The molecule has 3 heterocycles. The van der Waals surface area contributed by atoms with Crippen LogP contribution in [0.3, 0.4) is 0 Å². The van der Waals surface area contributed by atoms with E-state index in [0.717, 1.165) is 47.7 Å². The average Bonchev–Trinajstić information content (AvgIpc) is 3.27. The van der Waals surface area contributed by atoms with Crippen LogP contribution in [0.15, 0.2) is 42.6 Å². The molecule has 0 amide bonds. The molecule has 168 valence electrons. The number of rotatable bonds is 4. The van der Waals surface area contributed by atoms with Crippen LogP contribution in [-0.2, 0) is 25.7 Å². The number of halogens is 3. The molecule has 0 radical (unpaired) electrons. The van der Waals surface area contributed by atoms with Crippen molar-refractivity contribution in [1.29, 1.82) is 0 Å². The Morgan fingerprint density at radius 3 is 2.72 bits per heavy atom. The molecule has 2 aliphatic rings. The first-order valence-electron chi connectivity index (χ1n) is 11.3. The normalized spacial score (nSPS) is 18.0. The summed E-state index contributed by atoms with van der Waals surface area (Å²) in [5, 5.41) is 0. The number of benzene rings is 1. The average molecular weight is 458 g/mol. The highest BCUT2D eigenvalue weighted by molar-refractivity contribution is 7.15. The summed E-state index contributed by atoms with van der Waals surface area (Å²) in [7, 11) is 0. The fourth-order valence-corrected chi connectivity index (χ4v) is 5.82. The number of aromatic nitrogens is 2. The standard InChI is InChI=1S/C25H26F3N3S/c26-25(27,28)20-8-4-7-18(13-20)23-10-9-21(32-23)16-31-12-11-22-19(15-31)14-29-24(30-22)17-5-2-1-3-6-17/h4,7-10,13-14,17H,1-3,5-6,11-12,15-16H2. The molecule has 3 aromatic rings. The van der Waals surface area contributed by atoms with E-state index < -0.39 is 11.7 Å². The van der Waals surface area contributed by atoms with Gasteiger partial charge < -0.3 is 0 Å². The molecule has 1 fully saturated rings. The van der Waals surface area contributed by atoms with Crippen molar-refractivity contribution in [2.24, 2.45) is 0 Å². The zero-order valence-electron chi connectivity index (χ0n) is 17.9. The first-order chi connectivity index (χ1) is 15.5. The van der Waals surface area contributed by atoms with E-state index in [9.17, 15) is 13.2 Å². The summed E-state index contributed by atoms with van der Waals surface area (Å²) in [4.78, 5) is 14.0. The molecule has 0 spiro atoms. The van der Waals surface area contributed by atoms with Crippen LogP contribution in [-0.4, -0.2) is 21.4 Å². The van der Waals surface area contributed by atoms with E-state index in [1.165, 1.54) is 55.5 Å². The molecule has 1 aliphatic heterocycles. The molecule has 0 unspecified atom stereocenters. The number of fused-ring (bicyclic) bond motifs is 1. The molecule has 0 atom stereocenters. The van der Waals surface area contributed by atoms with Crippen LogP contribution in [0.25, 0.3) is 10.4 Å². The quantitative estimate of drug-likeness (QED) is 0.430. The predicted octanol–water partition coefficient (Wildman–Crippen LogP) is 6.83. The maximum absolute atomic E-state index is 13.0. The second kappa shape index (κ2) is 8.94. The molecule has 5 rings (SSSR count). The van der Waals surface area contributed by atoms with Gasteiger partial charge in [0.05, 0.1) is 5.56 Å². The van der Waals surface area contributed by atoms with Crippen LogP contribution in [0, 0.1) is 0 Å². The van der Waals surface area contributed by atoms with Gasteiger partial charge in [0.15, 0.2) is 0 Å². The first kappa shape index (κ1) is 21.6. The molecule has 1 saturated carbocycles. The fraction of sp³-hybridized carbons (Fsp3) is 0.440. The van der Waals surface area contributed by atoms with Crippen LogP contribution in [0.1, 0.15) is 65.5 Å². The van der Waals surface area contributed by atoms with Gasteiger partial charge in [-0.25, -0.2) is 9.97 Å². The zero-order valence-corrected chi connectivity index (χ0v) is 18.7. The van der Waals surface area contributed by atoms with E-state index in [2.05, 4.69) is 4.90 Å². The highest BCUT2D eigenvalue weighted by atomic mass is 32.1. The van der Waals surface area contributed by atoms with Gasteiger partial charge in [0.1, 0.15) is 5.82 Å². The molecule has 1 aromatic carbocycles. The van der Waals surface area contributed by atoms with E-state index in [1.54, 1.807) is 17.4 Å². The lowest BCUT2D eigenvalue weighted by Crippen LogP contribution is -2.31. The van der Waals surface area contributed by atoms with Gasteiger partial charge in [0.25, 0.3) is 0 Å². The van der Waals surface area contributed by atoms with Crippen LogP contribution >= 0.6 is 11.3 Å². The Bertz CT molecular complexity index is 1090. The molecule has 0 N–H and O–H groups in total. The lowest BCUT2D eigenvalue weighted by molar-refractivity contribution is -0.137. The van der Waals surface area contributed by atoms with E-state index in [0.29, 0.717) is 11.5 Å². The van der Waals surface area contributed by atoms with Crippen LogP contribution < -0.4 is 0 Å². The molecule has 3 nitrogen and oxygen atoms in total. The minimum absolute atomic E-state index is 0.521. The Balaban J connectivity index is 1.25. The van der Waals surface area contributed by atoms with Crippen molar-refractivity contribution >= 4 is 11.3 Å². The molecule has 1 aliphatic carbocycles. The van der Waals surface area contributed by atoms with E-state index in [1.807, 2.05) is 18.3 Å². The van der Waals surface area contributed by atoms with E-state index >= 15 is 0 Å². The molecule has 0 saturated heterocycles. The molecule has 32 heavy (non-hydrogen) atoms. The minimum atomic E-state index is -4.32. The number of nitrogens with zero attached hydrogens (tertiary/aromatic N) is 3. The van der Waals surface area contributed by atoms with Gasteiger partial charge in [-0.1, -0.05) is 31.4 Å². The van der Waals surface area contributed by atoms with Gasteiger partial charge in [-0.05, 0) is 42.7 Å². The molecular weight excluding hydrogens is 431 g/mol. The van der Waals surface area contributed by atoms with Gasteiger partial charge in [-0.15, -0.1) is 11.3 Å². The van der Waals surface area contributed by atoms with E-state index in [-0.39, 0.29) is 0 Å². The minimum Gasteiger partial charge on any atom is -0.293 e. The van der Waals surface area contributed by atoms with Crippen molar-refractivity contribution in [3.05, 3.63) is 70.1 Å². The van der Waals surface area contributed by atoms with Crippen molar-refractivity contribution in [2.75, 3.05) is 6.54 Å². The Morgan fingerprint density at radius 2 is 1.91 bits per heavy atom. The Labute approximate surface area is 190 Å². The predicted molar refractivity (Wildman–Crippen MR) is 120 cm³/mol. The van der Waals surface area contributed by atoms with Crippen molar-refractivity contribution in [2.45, 2.75) is 63.7 Å². The lowest BCUT2D eigenvalue weighted by Gasteiger charge is -2.28. The molecule has 0 bridgehead atoms. The largest absolute Gasteiger partial charge is 0.416 e. The van der Waals surface area contributed by atoms with Crippen molar-refractivity contribution in [1.82, 2.24) is 14.9 Å². The topological polar surface area (TPSA) is 29.0 Å². The Morgan fingerprint density at radius 1 is 1.06 bits per heavy atom. The number of alkyl halides is 3. The second-order valence-corrected chi connectivity index (χ2v) is 10.0. The van der Waals surface area contributed by atoms with Crippen molar-refractivity contribution in [3.63, 3.8) is 0 Å². The Hall–Kier alpha value is -2.25. The van der Waals surface area contributed by atoms with Crippen LogP contribution in [0.4, 0.5) is 13.2 Å². The zero-order chi connectivity index (χ0) is 22.1. The second-order valence-electron chi connectivity index (χ2n) is 8.84. The summed E-state index contributed by atoms with van der Waals surface area (Å²) in [6, 6.07) is 9.51. The number of thiophene rings is 1. The van der Waals surface area contributed by atoms with Gasteiger partial charge in [0, 0.05) is 59.2 Å². The summed E-state index contributed by atoms with van der Waals surface area (Å²) in [5.41, 5.74) is 2.40. The maximum atomic E-state index is 13.0. The summed E-state index contributed by atoms with van der Waals surface area (Å²) in [5.74, 6) is 1.55. The van der Waals surface area contributed by atoms with Gasteiger partial charge >= 0.3 is 6.18 Å². The van der Waals surface area contributed by atoms with Gasteiger partial charge in [-0.2, -0.15) is 13.2 Å². The first-order valence-corrected chi connectivity index (χ1v) is 12.1. The monoisotopic (exact) mass is 457 g/mol. The summed E-state index contributed by atoms with van der Waals surface area (Å²) in [6.07, 6.45) is 4.91. The third-order valence-corrected chi connectivity index (χ3v) is 7.64. The van der Waals surface area contributed by atoms with E-state index in [4.69, 9.17) is 9.97 Å². The van der Waals surface area contributed by atoms with Crippen LogP contribution in [0.5, 0.6) is 0 Å². The van der Waals surface area contributed by atoms with Crippen molar-refractivity contribution in [3.8, 4) is 10.4 Å². The van der Waals surface area contributed by atoms with Gasteiger partial charge in [0.2, 0.25) is 0 Å². The van der Waals surface area contributed by atoms with Crippen molar-refractivity contribution < 1.29 is 13.2 Å². The van der Waals surface area contributed by atoms with Crippen LogP contribution in [0.2, 0.25) is 0 Å². The molecule has 2 aromatic heterocycles. The highest BCUT2D eigenvalue weighted by Gasteiger charge is 2.30. The third kappa shape index (κ3) is 4.74. The lowest BCUT2D eigenvalue weighted by atomic mass is 9.88. The third-order valence-electron chi connectivity index (χ3n) is 6.52. The molecule has 7 heteroatoms. The SMILES string of the molecule is FC(F)(F)c1cccc(-c2ccc(CN3CCc4nc(C5CCCCC5)ncc4C3)s2)c1.